The Labute approximate surface area is 247 Å². The molecule has 0 bridgehead atoms. The fraction of sp³-hybridized carbons (Fsp3) is 0.345. The van der Waals surface area contributed by atoms with Gasteiger partial charge in [0.25, 0.3) is 0 Å². The third kappa shape index (κ3) is 8.11. The maximum absolute atomic E-state index is 13.8. The van der Waals surface area contributed by atoms with Crippen molar-refractivity contribution < 1.29 is 27.5 Å². The number of pyridine rings is 1. The van der Waals surface area contributed by atoms with Crippen LogP contribution in [0.15, 0.2) is 70.4 Å². The van der Waals surface area contributed by atoms with E-state index in [1.54, 1.807) is 24.3 Å². The van der Waals surface area contributed by atoms with Crippen molar-refractivity contribution >= 4 is 47.4 Å². The first-order valence-electron chi connectivity index (χ1n) is 13.5. The zero-order valence-corrected chi connectivity index (χ0v) is 23.9. The number of hydrogen-bond donors (Lipinski definition) is 3. The quantitative estimate of drug-likeness (QED) is 0.218. The lowest BCUT2D eigenvalue weighted by molar-refractivity contribution is -0.132. The van der Waals surface area contributed by atoms with Crippen molar-refractivity contribution in [2.45, 2.75) is 25.9 Å². The average molecular weight is 599 g/mol. The Bertz CT molecular complexity index is 1440. The van der Waals surface area contributed by atoms with Gasteiger partial charge in [-0.15, -0.1) is 0 Å². The fourth-order valence-electron chi connectivity index (χ4n) is 4.28. The molecule has 0 unspecified atom stereocenters. The van der Waals surface area contributed by atoms with E-state index in [0.29, 0.717) is 43.4 Å². The van der Waals surface area contributed by atoms with Gasteiger partial charge in [-0.25, -0.2) is 4.99 Å². The lowest BCUT2D eigenvalue weighted by atomic mass is 10.2. The third-order valence-electron chi connectivity index (χ3n) is 6.85. The van der Waals surface area contributed by atoms with E-state index in [-0.39, 0.29) is 29.4 Å². The molecule has 1 aromatic heterocycles. The van der Waals surface area contributed by atoms with Gasteiger partial charge in [0.1, 0.15) is 17.3 Å². The van der Waals surface area contributed by atoms with Crippen molar-refractivity contribution in [1.29, 1.82) is 0 Å². The summed E-state index contributed by atoms with van der Waals surface area (Å²) in [6.45, 7) is 10.1. The highest BCUT2D eigenvalue weighted by Gasteiger charge is 2.35. The van der Waals surface area contributed by atoms with Gasteiger partial charge in [-0.05, 0) is 62.9 Å². The summed E-state index contributed by atoms with van der Waals surface area (Å²) in [5.74, 6) is -0.0840. The molecule has 2 heterocycles. The van der Waals surface area contributed by atoms with Crippen molar-refractivity contribution in [3.8, 4) is 5.88 Å². The summed E-state index contributed by atoms with van der Waals surface area (Å²) in [7, 11) is 1.42. The van der Waals surface area contributed by atoms with Crippen LogP contribution in [0.2, 0.25) is 0 Å². The number of carbonyl (C=O) groups is 2. The zero-order chi connectivity index (χ0) is 31.1. The number of anilines is 4. The van der Waals surface area contributed by atoms with Crippen molar-refractivity contribution in [2.75, 3.05) is 54.1 Å². The number of amides is 2. The average Bonchev–Trinajstić information content (AvgIpc) is 3.85. The molecule has 1 saturated carbocycles. The van der Waals surface area contributed by atoms with Gasteiger partial charge in [-0.1, -0.05) is 12.6 Å². The predicted octanol–water partition coefficient (Wildman–Crippen LogP) is 4.65. The molecule has 14 heteroatoms. The topological polar surface area (TPSA) is 124 Å². The molecule has 11 nitrogen and oxygen atoms in total. The second kappa shape index (κ2) is 13.4. The molecule has 3 N–H and O–H groups in total. The van der Waals surface area contributed by atoms with Crippen molar-refractivity contribution in [3.05, 3.63) is 60.4 Å². The van der Waals surface area contributed by atoms with Gasteiger partial charge in [-0.3, -0.25) is 9.59 Å². The molecule has 2 amide bonds. The van der Waals surface area contributed by atoms with Gasteiger partial charge in [-0.2, -0.15) is 23.1 Å². The molecule has 2 fully saturated rings. The number of nitrogens with zero attached hydrogens (tertiary/aromatic N) is 5. The number of guanidine groups is 1. The molecule has 2 aliphatic rings. The summed E-state index contributed by atoms with van der Waals surface area (Å²) >= 11 is 0. The number of alkyl halides is 3. The number of aromatic nitrogens is 1. The standard InChI is InChI=1S/C29H33F3N8O3/c1-5-24(41)34-20-7-6-8-21(17-20)35-25(18(2)29(30,31)32)38-28(33-3)36-22-11-12-23(37-26(22)43-4)39-13-15-40(16-14-39)27(42)19-9-10-19/h5-8,11-12,17,19,35H,1,3,9-10,13-16H2,2,4H3,(H,34,41)(H,36,38)/b25-18+. The maximum Gasteiger partial charge on any atom is 0.415 e. The van der Waals surface area contributed by atoms with Crippen molar-refractivity contribution in [1.82, 2.24) is 9.88 Å². The number of hydrogen-bond acceptors (Lipinski definition) is 7. The molecule has 0 atom stereocenters. The zero-order valence-electron chi connectivity index (χ0n) is 23.9. The normalized spacial score (nSPS) is 16.2. The molecule has 43 heavy (non-hydrogen) atoms. The van der Waals surface area contributed by atoms with E-state index in [0.717, 1.165) is 25.8 Å². The molecule has 4 rings (SSSR count). The minimum Gasteiger partial charge on any atom is -0.479 e. The molecule has 1 aliphatic heterocycles. The van der Waals surface area contributed by atoms with Crippen LogP contribution in [0.1, 0.15) is 19.8 Å². The SMILES string of the molecule is C=CC(=O)Nc1cccc(N/C(N=C(N=C)Nc2ccc(N3CCN(C(=O)C4CC4)CC3)nc2OC)=C(/C)C(F)(F)F)c1. The highest BCUT2D eigenvalue weighted by atomic mass is 19.4. The number of methoxy groups -OCH3 is 1. The van der Waals surface area contributed by atoms with E-state index in [1.165, 1.54) is 19.2 Å². The second-order valence-electron chi connectivity index (χ2n) is 9.90. The largest absolute Gasteiger partial charge is 0.479 e. The molecule has 0 radical (unpaired) electrons. The summed E-state index contributed by atoms with van der Waals surface area (Å²) in [5.41, 5.74) is -0.140. The smallest absolute Gasteiger partial charge is 0.415 e. The Morgan fingerprint density at radius 2 is 1.74 bits per heavy atom. The molecule has 0 spiro atoms. The van der Waals surface area contributed by atoms with Crippen LogP contribution in [0.3, 0.4) is 0 Å². The molecule has 1 saturated heterocycles. The molecular weight excluding hydrogens is 565 g/mol. The van der Waals surface area contributed by atoms with E-state index < -0.39 is 23.5 Å². The van der Waals surface area contributed by atoms with Gasteiger partial charge in [0.05, 0.1) is 12.7 Å². The van der Waals surface area contributed by atoms with E-state index in [2.05, 4.69) is 44.2 Å². The van der Waals surface area contributed by atoms with Gasteiger partial charge >= 0.3 is 6.18 Å². The van der Waals surface area contributed by atoms with Crippen molar-refractivity contribution in [3.63, 3.8) is 0 Å². The number of carbonyl (C=O) groups excluding carboxylic acids is 2. The number of ether oxygens (including phenoxy) is 1. The minimum absolute atomic E-state index is 0.169. The summed E-state index contributed by atoms with van der Waals surface area (Å²) in [6.07, 6.45) is -1.71. The first kappa shape index (κ1) is 31.1. The van der Waals surface area contributed by atoms with Crippen molar-refractivity contribution in [2.24, 2.45) is 15.9 Å². The lowest BCUT2D eigenvalue weighted by Crippen LogP contribution is -2.49. The molecule has 1 aromatic carbocycles. The Kier molecular flexibility index (Phi) is 9.68. The first-order valence-corrected chi connectivity index (χ1v) is 13.5. The number of rotatable bonds is 9. The third-order valence-corrected chi connectivity index (χ3v) is 6.85. The summed E-state index contributed by atoms with van der Waals surface area (Å²) in [5, 5.41) is 8.05. The van der Waals surface area contributed by atoms with Crippen LogP contribution in [0, 0.1) is 5.92 Å². The second-order valence-corrected chi connectivity index (χ2v) is 9.90. The number of nitrogens with one attached hydrogen (secondary N) is 3. The Morgan fingerprint density at radius 3 is 2.33 bits per heavy atom. The highest BCUT2D eigenvalue weighted by Crippen LogP contribution is 2.33. The van der Waals surface area contributed by atoms with Gasteiger partial charge in [0, 0.05) is 43.5 Å². The molecule has 228 valence electrons. The van der Waals surface area contributed by atoms with Crippen LogP contribution >= 0.6 is 0 Å². The van der Waals surface area contributed by atoms with Crippen LogP contribution in [0.25, 0.3) is 0 Å². The first-order chi connectivity index (χ1) is 20.5. The van der Waals surface area contributed by atoms with Gasteiger partial charge in [0.15, 0.2) is 0 Å². The van der Waals surface area contributed by atoms with Gasteiger partial charge in [0.2, 0.25) is 23.7 Å². The Morgan fingerprint density at radius 1 is 1.07 bits per heavy atom. The Hall–Kier alpha value is -4.88. The monoisotopic (exact) mass is 598 g/mol. The number of allylic oxidation sites excluding steroid dienone is 1. The number of aliphatic imine (C=N–C) groups is 2. The van der Waals surface area contributed by atoms with Crippen LogP contribution in [0.4, 0.5) is 36.1 Å². The lowest BCUT2D eigenvalue weighted by Gasteiger charge is -2.35. The van der Waals surface area contributed by atoms with Crippen LogP contribution in [-0.2, 0) is 9.59 Å². The molecule has 1 aliphatic carbocycles. The van der Waals surface area contributed by atoms with E-state index >= 15 is 0 Å². The highest BCUT2D eigenvalue weighted by molar-refractivity contribution is 5.99. The molecule has 2 aromatic rings. The van der Waals surface area contributed by atoms with E-state index in [1.807, 2.05) is 9.80 Å². The summed E-state index contributed by atoms with van der Waals surface area (Å²) in [6, 6.07) is 9.49. The summed E-state index contributed by atoms with van der Waals surface area (Å²) in [4.78, 5) is 40.3. The maximum atomic E-state index is 13.8. The van der Waals surface area contributed by atoms with Crippen LogP contribution in [-0.4, -0.2) is 73.8 Å². The fourth-order valence-corrected chi connectivity index (χ4v) is 4.28. The number of piperazine rings is 1. The van der Waals surface area contributed by atoms with Gasteiger partial charge < -0.3 is 30.5 Å². The predicted molar refractivity (Wildman–Crippen MR) is 161 cm³/mol. The number of halogens is 3. The molecular formula is C29H33F3N8O3. The van der Waals surface area contributed by atoms with E-state index in [4.69, 9.17) is 4.74 Å². The Balaban J connectivity index is 1.54. The number of benzene rings is 1. The summed E-state index contributed by atoms with van der Waals surface area (Å²) < 4.78 is 46.8. The van der Waals surface area contributed by atoms with Crippen LogP contribution < -0.4 is 25.6 Å². The van der Waals surface area contributed by atoms with E-state index in [9.17, 15) is 22.8 Å². The minimum atomic E-state index is -4.71. The van der Waals surface area contributed by atoms with Crippen LogP contribution in [0.5, 0.6) is 5.88 Å².